The quantitative estimate of drug-likeness (QED) is 0.568. The van der Waals surface area contributed by atoms with Crippen LogP contribution in [0.5, 0.6) is 0 Å². The third-order valence-corrected chi connectivity index (χ3v) is 4.30. The van der Waals surface area contributed by atoms with Crippen molar-refractivity contribution in [2.24, 2.45) is 5.10 Å². The monoisotopic (exact) mass is 358 g/mol. The number of amides is 1. The minimum Gasteiger partial charge on any atom is -0.267 e. The summed E-state index contributed by atoms with van der Waals surface area (Å²) in [5, 5.41) is 4.37. The maximum absolute atomic E-state index is 12.6. The fourth-order valence-electron chi connectivity index (χ4n) is 2.65. The van der Waals surface area contributed by atoms with E-state index in [-0.39, 0.29) is 5.91 Å². The number of carbonyl (C=O) groups is 1. The molecule has 136 valence electrons. The summed E-state index contributed by atoms with van der Waals surface area (Å²) in [7, 11) is 0. The lowest BCUT2D eigenvalue weighted by atomic mass is 10.1. The van der Waals surface area contributed by atoms with Gasteiger partial charge in [-0.05, 0) is 75.2 Å². The van der Waals surface area contributed by atoms with Crippen LogP contribution in [-0.4, -0.2) is 21.6 Å². The number of nitrogens with zero attached hydrogens (tertiary/aromatic N) is 3. The summed E-state index contributed by atoms with van der Waals surface area (Å²) in [5.74, 6) is -0.268. The SMILES string of the molecule is Cc1cccc(C(=NNC(=O)c2ccc(C)c(C)c2)c2cccc(C)n2)n1. The molecule has 0 aliphatic carbocycles. The Morgan fingerprint density at radius 2 is 1.41 bits per heavy atom. The van der Waals surface area contributed by atoms with Crippen LogP contribution in [0.4, 0.5) is 0 Å². The zero-order chi connectivity index (χ0) is 19.4. The molecule has 3 aromatic rings. The lowest BCUT2D eigenvalue weighted by Crippen LogP contribution is -2.22. The van der Waals surface area contributed by atoms with Crippen LogP contribution >= 0.6 is 0 Å². The first-order chi connectivity index (χ1) is 12.9. The molecule has 2 aromatic heterocycles. The summed E-state index contributed by atoms with van der Waals surface area (Å²) in [6, 6.07) is 17.0. The predicted octanol–water partition coefficient (Wildman–Crippen LogP) is 3.89. The van der Waals surface area contributed by atoms with Gasteiger partial charge in [0, 0.05) is 17.0 Å². The van der Waals surface area contributed by atoms with E-state index in [2.05, 4.69) is 20.5 Å². The molecule has 1 amide bonds. The van der Waals surface area contributed by atoms with E-state index in [1.165, 1.54) is 0 Å². The number of aromatic nitrogens is 2. The molecule has 5 nitrogen and oxygen atoms in total. The van der Waals surface area contributed by atoms with Gasteiger partial charge in [-0.2, -0.15) is 5.10 Å². The molecular formula is C22H22N4O. The van der Waals surface area contributed by atoms with Crippen LogP contribution in [0.25, 0.3) is 0 Å². The molecule has 0 aliphatic heterocycles. The molecule has 0 unspecified atom stereocenters. The fourth-order valence-corrected chi connectivity index (χ4v) is 2.65. The number of pyridine rings is 2. The Morgan fingerprint density at radius 1 is 0.815 bits per heavy atom. The van der Waals surface area contributed by atoms with Crippen molar-refractivity contribution in [1.82, 2.24) is 15.4 Å². The molecule has 1 N–H and O–H groups in total. The van der Waals surface area contributed by atoms with Gasteiger partial charge in [0.15, 0.2) is 0 Å². The van der Waals surface area contributed by atoms with Crippen molar-refractivity contribution in [1.29, 1.82) is 0 Å². The second-order valence-corrected chi connectivity index (χ2v) is 6.53. The van der Waals surface area contributed by atoms with Crippen LogP contribution in [0.2, 0.25) is 0 Å². The molecule has 0 atom stereocenters. The van der Waals surface area contributed by atoms with Gasteiger partial charge in [-0.1, -0.05) is 18.2 Å². The van der Waals surface area contributed by atoms with Crippen LogP contribution in [0, 0.1) is 27.7 Å². The molecule has 0 saturated carbocycles. The Morgan fingerprint density at radius 3 is 1.93 bits per heavy atom. The van der Waals surface area contributed by atoms with E-state index in [1.54, 1.807) is 6.07 Å². The van der Waals surface area contributed by atoms with Gasteiger partial charge in [-0.25, -0.2) is 5.43 Å². The van der Waals surface area contributed by atoms with Gasteiger partial charge in [0.2, 0.25) is 0 Å². The molecule has 0 spiro atoms. The fraction of sp³-hybridized carbons (Fsp3) is 0.182. The molecule has 2 heterocycles. The van der Waals surface area contributed by atoms with E-state index in [0.29, 0.717) is 22.7 Å². The third-order valence-electron chi connectivity index (χ3n) is 4.30. The Bertz CT molecular complexity index is 977. The Labute approximate surface area is 159 Å². The predicted molar refractivity (Wildman–Crippen MR) is 107 cm³/mol. The summed E-state index contributed by atoms with van der Waals surface area (Å²) in [5.41, 5.74) is 9.01. The van der Waals surface area contributed by atoms with Gasteiger partial charge >= 0.3 is 0 Å². The van der Waals surface area contributed by atoms with Crippen molar-refractivity contribution in [2.75, 3.05) is 0 Å². The van der Waals surface area contributed by atoms with E-state index in [1.807, 2.05) is 76.2 Å². The van der Waals surface area contributed by atoms with Gasteiger partial charge in [0.1, 0.15) is 5.71 Å². The van der Waals surface area contributed by atoms with Crippen molar-refractivity contribution in [3.63, 3.8) is 0 Å². The van der Waals surface area contributed by atoms with Gasteiger partial charge in [-0.3, -0.25) is 14.8 Å². The first kappa shape index (κ1) is 18.5. The third kappa shape index (κ3) is 4.44. The normalized spacial score (nSPS) is 10.4. The summed E-state index contributed by atoms with van der Waals surface area (Å²) >= 11 is 0. The van der Waals surface area contributed by atoms with E-state index in [9.17, 15) is 4.79 Å². The highest BCUT2D eigenvalue weighted by Gasteiger charge is 2.13. The molecule has 0 bridgehead atoms. The summed E-state index contributed by atoms with van der Waals surface area (Å²) in [6.45, 7) is 7.82. The van der Waals surface area contributed by atoms with E-state index in [0.717, 1.165) is 22.5 Å². The maximum atomic E-state index is 12.6. The average molecular weight is 358 g/mol. The van der Waals surface area contributed by atoms with Crippen molar-refractivity contribution < 1.29 is 4.79 Å². The van der Waals surface area contributed by atoms with E-state index < -0.39 is 0 Å². The molecule has 3 rings (SSSR count). The van der Waals surface area contributed by atoms with Crippen molar-refractivity contribution in [3.8, 4) is 0 Å². The lowest BCUT2D eigenvalue weighted by molar-refractivity contribution is 0.0955. The highest BCUT2D eigenvalue weighted by Crippen LogP contribution is 2.11. The van der Waals surface area contributed by atoms with Gasteiger partial charge < -0.3 is 0 Å². The van der Waals surface area contributed by atoms with Crippen molar-refractivity contribution in [2.45, 2.75) is 27.7 Å². The van der Waals surface area contributed by atoms with Crippen LogP contribution in [0.3, 0.4) is 0 Å². The number of aryl methyl sites for hydroxylation is 4. The van der Waals surface area contributed by atoms with Gasteiger partial charge in [-0.15, -0.1) is 0 Å². The minimum absolute atomic E-state index is 0.268. The smallest absolute Gasteiger partial charge is 0.267 e. The zero-order valence-electron chi connectivity index (χ0n) is 15.9. The molecule has 0 radical (unpaired) electrons. The Hall–Kier alpha value is -3.34. The molecule has 0 fully saturated rings. The molecule has 0 saturated heterocycles. The lowest BCUT2D eigenvalue weighted by Gasteiger charge is -2.09. The molecule has 27 heavy (non-hydrogen) atoms. The molecular weight excluding hydrogens is 336 g/mol. The Kier molecular flexibility index (Phi) is 5.41. The number of benzene rings is 1. The highest BCUT2D eigenvalue weighted by molar-refractivity contribution is 6.11. The maximum Gasteiger partial charge on any atom is 0.271 e. The molecule has 1 aromatic carbocycles. The van der Waals surface area contributed by atoms with Crippen LogP contribution in [-0.2, 0) is 0 Å². The number of hydrogen-bond acceptors (Lipinski definition) is 4. The van der Waals surface area contributed by atoms with Gasteiger partial charge in [0.25, 0.3) is 5.91 Å². The van der Waals surface area contributed by atoms with E-state index >= 15 is 0 Å². The first-order valence-electron chi connectivity index (χ1n) is 8.77. The number of carbonyl (C=O) groups excluding carboxylic acids is 1. The summed E-state index contributed by atoms with van der Waals surface area (Å²) < 4.78 is 0. The average Bonchev–Trinajstić information content (AvgIpc) is 2.64. The largest absolute Gasteiger partial charge is 0.271 e. The van der Waals surface area contributed by atoms with Crippen LogP contribution in [0.15, 0.2) is 59.7 Å². The second-order valence-electron chi connectivity index (χ2n) is 6.53. The van der Waals surface area contributed by atoms with Crippen molar-refractivity contribution in [3.05, 3.63) is 94.1 Å². The highest BCUT2D eigenvalue weighted by atomic mass is 16.2. The van der Waals surface area contributed by atoms with Crippen molar-refractivity contribution >= 4 is 11.6 Å². The zero-order valence-corrected chi connectivity index (χ0v) is 15.9. The second kappa shape index (κ2) is 7.91. The summed E-state index contributed by atoms with van der Waals surface area (Å²) in [6.07, 6.45) is 0. The standard InChI is InChI=1S/C22H22N4O/c1-14-11-12-18(13-15(14)2)22(27)26-25-21(19-9-5-7-16(3)23-19)20-10-6-8-17(4)24-20/h5-13H,1-4H3,(H,26,27). The summed E-state index contributed by atoms with van der Waals surface area (Å²) in [4.78, 5) is 21.6. The number of hydrogen-bond donors (Lipinski definition) is 1. The minimum atomic E-state index is -0.268. The van der Waals surface area contributed by atoms with Crippen LogP contribution in [0.1, 0.15) is 44.3 Å². The number of hydrazone groups is 1. The topological polar surface area (TPSA) is 67.2 Å². The first-order valence-corrected chi connectivity index (χ1v) is 8.77. The number of nitrogens with one attached hydrogen (secondary N) is 1. The molecule has 5 heteroatoms. The van der Waals surface area contributed by atoms with Crippen LogP contribution < -0.4 is 5.43 Å². The number of rotatable bonds is 4. The Balaban J connectivity index is 1.97. The van der Waals surface area contributed by atoms with E-state index in [4.69, 9.17) is 0 Å². The molecule has 0 aliphatic rings. The van der Waals surface area contributed by atoms with Gasteiger partial charge in [0.05, 0.1) is 11.4 Å².